The highest BCUT2D eigenvalue weighted by Gasteiger charge is 2.16. The number of phenolic OH excluding ortho intramolecular Hbond substituents is 1. The maximum atomic E-state index is 13.0. The van der Waals surface area contributed by atoms with E-state index in [1.165, 1.54) is 12.3 Å². The summed E-state index contributed by atoms with van der Waals surface area (Å²) in [6.07, 6.45) is 3.01. The van der Waals surface area contributed by atoms with Crippen molar-refractivity contribution >= 4 is 11.0 Å². The van der Waals surface area contributed by atoms with Crippen molar-refractivity contribution < 1.29 is 19.0 Å². The Hall–Kier alpha value is -2.95. The summed E-state index contributed by atoms with van der Waals surface area (Å²) in [5.74, 6) is 1.46. The van der Waals surface area contributed by atoms with Crippen LogP contribution in [-0.4, -0.2) is 18.3 Å². The fourth-order valence-electron chi connectivity index (χ4n) is 3.09. The minimum absolute atomic E-state index is 0.129. The van der Waals surface area contributed by atoms with Crippen LogP contribution in [0.15, 0.2) is 45.8 Å². The monoisotopic (exact) mass is 338 g/mol. The fraction of sp³-hybridized carbons (Fsp3) is 0.250. The van der Waals surface area contributed by atoms with E-state index in [1.807, 2.05) is 13.0 Å². The average molecular weight is 338 g/mol. The molecule has 0 radical (unpaired) electrons. The van der Waals surface area contributed by atoms with Gasteiger partial charge in [-0.05, 0) is 35.7 Å². The van der Waals surface area contributed by atoms with Crippen LogP contribution in [0, 0.1) is 0 Å². The molecular formula is C20H18O5. The molecule has 2 heterocycles. The maximum Gasteiger partial charge on any atom is 0.200 e. The van der Waals surface area contributed by atoms with Gasteiger partial charge in [-0.15, -0.1) is 0 Å². The third kappa shape index (κ3) is 2.71. The number of benzene rings is 2. The Morgan fingerprint density at radius 2 is 1.88 bits per heavy atom. The second-order valence-corrected chi connectivity index (χ2v) is 6.06. The molecule has 0 saturated heterocycles. The predicted molar refractivity (Wildman–Crippen MR) is 94.6 cm³/mol. The average Bonchev–Trinajstić information content (AvgIpc) is 2.63. The smallest absolute Gasteiger partial charge is 0.200 e. The Labute approximate surface area is 144 Å². The molecule has 3 aromatic rings. The van der Waals surface area contributed by atoms with Crippen molar-refractivity contribution in [3.63, 3.8) is 0 Å². The molecule has 25 heavy (non-hydrogen) atoms. The van der Waals surface area contributed by atoms with E-state index in [4.69, 9.17) is 13.9 Å². The van der Waals surface area contributed by atoms with E-state index in [1.54, 1.807) is 18.2 Å². The van der Waals surface area contributed by atoms with Crippen LogP contribution >= 0.6 is 0 Å². The van der Waals surface area contributed by atoms with Crippen LogP contribution in [0.5, 0.6) is 17.2 Å². The highest BCUT2D eigenvalue weighted by atomic mass is 16.6. The Kier molecular flexibility index (Phi) is 3.84. The van der Waals surface area contributed by atoms with Gasteiger partial charge in [0.1, 0.15) is 30.8 Å². The molecule has 2 aromatic carbocycles. The van der Waals surface area contributed by atoms with Crippen molar-refractivity contribution in [3.8, 4) is 28.4 Å². The molecule has 1 aliphatic heterocycles. The molecule has 128 valence electrons. The molecule has 0 bridgehead atoms. The van der Waals surface area contributed by atoms with E-state index < -0.39 is 0 Å². The first-order valence-electron chi connectivity index (χ1n) is 8.35. The molecule has 1 aromatic heterocycles. The minimum atomic E-state index is -0.129. The molecule has 5 nitrogen and oxygen atoms in total. The molecule has 1 N–H and O–H groups in total. The fourth-order valence-corrected chi connectivity index (χ4v) is 3.09. The first kappa shape index (κ1) is 15.6. The van der Waals surface area contributed by atoms with Crippen LogP contribution in [0.3, 0.4) is 0 Å². The van der Waals surface area contributed by atoms with Crippen molar-refractivity contribution in [2.75, 3.05) is 13.2 Å². The normalized spacial score (nSPS) is 13.2. The Balaban J connectivity index is 1.86. The number of aryl methyl sites for hydroxylation is 1. The van der Waals surface area contributed by atoms with Gasteiger partial charge < -0.3 is 19.0 Å². The van der Waals surface area contributed by atoms with Gasteiger partial charge in [0.05, 0.1) is 10.9 Å². The van der Waals surface area contributed by atoms with Crippen molar-refractivity contribution in [2.24, 2.45) is 0 Å². The molecule has 4 rings (SSSR count). The van der Waals surface area contributed by atoms with Crippen LogP contribution in [0.1, 0.15) is 18.9 Å². The Morgan fingerprint density at radius 3 is 2.68 bits per heavy atom. The summed E-state index contributed by atoms with van der Waals surface area (Å²) in [5.41, 5.74) is 2.17. The van der Waals surface area contributed by atoms with Crippen LogP contribution in [0.4, 0.5) is 0 Å². The molecule has 0 unspecified atom stereocenters. The minimum Gasteiger partial charge on any atom is -0.508 e. The number of hydrogen-bond acceptors (Lipinski definition) is 5. The zero-order valence-electron chi connectivity index (χ0n) is 13.9. The van der Waals surface area contributed by atoms with Gasteiger partial charge in [0.2, 0.25) is 5.43 Å². The lowest BCUT2D eigenvalue weighted by molar-refractivity contribution is 0.171. The van der Waals surface area contributed by atoms with E-state index in [9.17, 15) is 9.90 Å². The summed E-state index contributed by atoms with van der Waals surface area (Å²) in [4.78, 5) is 13.0. The van der Waals surface area contributed by atoms with Gasteiger partial charge in [-0.3, -0.25) is 4.79 Å². The largest absolute Gasteiger partial charge is 0.508 e. The van der Waals surface area contributed by atoms with Gasteiger partial charge in [0, 0.05) is 6.07 Å². The molecule has 0 spiro atoms. The molecule has 0 aliphatic carbocycles. The molecule has 1 aliphatic rings. The first-order valence-corrected chi connectivity index (χ1v) is 8.35. The van der Waals surface area contributed by atoms with Crippen LogP contribution < -0.4 is 14.9 Å². The third-order valence-corrected chi connectivity index (χ3v) is 4.35. The second-order valence-electron chi connectivity index (χ2n) is 6.06. The topological polar surface area (TPSA) is 68.9 Å². The van der Waals surface area contributed by atoms with Gasteiger partial charge in [-0.25, -0.2) is 0 Å². The van der Waals surface area contributed by atoms with Gasteiger partial charge in [0.25, 0.3) is 0 Å². The molecule has 0 saturated carbocycles. The maximum absolute atomic E-state index is 13.0. The van der Waals surface area contributed by atoms with Gasteiger partial charge in [0.15, 0.2) is 11.5 Å². The number of aromatic hydroxyl groups is 1. The number of rotatable bonds is 3. The lowest BCUT2D eigenvalue weighted by Crippen LogP contribution is -2.15. The van der Waals surface area contributed by atoms with E-state index in [2.05, 4.69) is 0 Å². The van der Waals surface area contributed by atoms with E-state index >= 15 is 0 Å². The molecule has 5 heteroatoms. The number of fused-ring (bicyclic) bond motifs is 2. The second kappa shape index (κ2) is 6.16. The lowest BCUT2D eigenvalue weighted by Gasteiger charge is -2.18. The third-order valence-electron chi connectivity index (χ3n) is 4.35. The van der Waals surface area contributed by atoms with Gasteiger partial charge >= 0.3 is 0 Å². The first-order chi connectivity index (χ1) is 12.2. The number of hydrogen-bond donors (Lipinski definition) is 1. The van der Waals surface area contributed by atoms with Gasteiger partial charge in [-0.1, -0.05) is 19.4 Å². The van der Waals surface area contributed by atoms with Crippen molar-refractivity contribution in [3.05, 3.63) is 52.4 Å². The molecule has 0 fully saturated rings. The Bertz CT molecular complexity index is 1000. The zero-order valence-corrected chi connectivity index (χ0v) is 13.9. The lowest BCUT2D eigenvalue weighted by atomic mass is 10.0. The van der Waals surface area contributed by atoms with Crippen molar-refractivity contribution in [2.45, 2.75) is 19.8 Å². The number of ether oxygens (including phenoxy) is 2. The highest BCUT2D eigenvalue weighted by Crippen LogP contribution is 2.34. The van der Waals surface area contributed by atoms with Crippen LogP contribution in [-0.2, 0) is 6.42 Å². The van der Waals surface area contributed by atoms with Crippen molar-refractivity contribution in [1.29, 1.82) is 0 Å². The molecule has 0 amide bonds. The van der Waals surface area contributed by atoms with Crippen LogP contribution in [0.25, 0.3) is 22.1 Å². The van der Waals surface area contributed by atoms with E-state index in [-0.39, 0.29) is 11.2 Å². The SMILES string of the molecule is CCCc1cc2c(=O)c(-c3ccc4c(c3)OCCO4)coc2cc1O. The molecular weight excluding hydrogens is 320 g/mol. The van der Waals surface area contributed by atoms with E-state index in [0.29, 0.717) is 53.2 Å². The summed E-state index contributed by atoms with van der Waals surface area (Å²) in [5, 5.41) is 10.5. The predicted octanol–water partition coefficient (Wildman–Crippen LogP) is 3.89. The summed E-state index contributed by atoms with van der Waals surface area (Å²) in [6, 6.07) is 8.64. The summed E-state index contributed by atoms with van der Waals surface area (Å²) < 4.78 is 16.7. The standard InChI is InChI=1S/C20H18O5/c1-2-3-13-8-14-18(10-16(13)21)25-11-15(20(14)22)12-4-5-17-19(9-12)24-7-6-23-17/h4-5,8-11,21H,2-3,6-7H2,1H3. The summed E-state index contributed by atoms with van der Waals surface area (Å²) in [6.45, 7) is 3.04. The van der Waals surface area contributed by atoms with E-state index in [0.717, 1.165) is 12.0 Å². The quantitative estimate of drug-likeness (QED) is 0.784. The number of phenols is 1. The highest BCUT2D eigenvalue weighted by molar-refractivity contribution is 5.84. The Morgan fingerprint density at radius 1 is 1.08 bits per heavy atom. The molecule has 0 atom stereocenters. The van der Waals surface area contributed by atoms with Crippen LogP contribution in [0.2, 0.25) is 0 Å². The zero-order chi connectivity index (χ0) is 17.4. The summed E-state index contributed by atoms with van der Waals surface area (Å²) >= 11 is 0. The van der Waals surface area contributed by atoms with Crippen molar-refractivity contribution in [1.82, 2.24) is 0 Å². The summed E-state index contributed by atoms with van der Waals surface area (Å²) in [7, 11) is 0. The van der Waals surface area contributed by atoms with Gasteiger partial charge in [-0.2, -0.15) is 0 Å².